The van der Waals surface area contributed by atoms with E-state index in [1.54, 1.807) is 0 Å². The van der Waals surface area contributed by atoms with Crippen molar-refractivity contribution < 1.29 is 9.47 Å². The first-order valence-electron chi connectivity index (χ1n) is 8.02. The van der Waals surface area contributed by atoms with Crippen LogP contribution in [0.2, 0.25) is 0 Å². The molecule has 0 spiro atoms. The van der Waals surface area contributed by atoms with Crippen LogP contribution in [-0.4, -0.2) is 12.4 Å². The second-order valence-electron chi connectivity index (χ2n) is 5.52. The van der Waals surface area contributed by atoms with Gasteiger partial charge in [0, 0.05) is 0 Å². The molecule has 2 heteroatoms. The molecule has 20 heavy (non-hydrogen) atoms. The molecule has 0 aliphatic rings. The molecule has 0 fully saturated rings. The van der Waals surface area contributed by atoms with Gasteiger partial charge in [-0.15, -0.1) is 0 Å². The molecule has 1 aromatic carbocycles. The van der Waals surface area contributed by atoms with E-state index in [0.29, 0.717) is 12.0 Å². The van der Waals surface area contributed by atoms with Gasteiger partial charge in [0.15, 0.2) is 6.29 Å². The Morgan fingerprint density at radius 1 is 0.950 bits per heavy atom. The smallest absolute Gasteiger partial charge is 0.197 e. The zero-order chi connectivity index (χ0) is 15.0. The third-order valence-corrected chi connectivity index (χ3v) is 3.81. The van der Waals surface area contributed by atoms with E-state index >= 15 is 0 Å². The lowest BCUT2D eigenvalue weighted by Gasteiger charge is -2.22. The summed E-state index contributed by atoms with van der Waals surface area (Å²) in [6.45, 7) is 10.8. The molecular formula is C18H30O2. The van der Waals surface area contributed by atoms with E-state index in [4.69, 9.17) is 9.47 Å². The second kappa shape index (κ2) is 9.02. The van der Waals surface area contributed by atoms with E-state index in [9.17, 15) is 0 Å². The van der Waals surface area contributed by atoms with Crippen molar-refractivity contribution in [2.24, 2.45) is 0 Å². The molecule has 114 valence electrons. The summed E-state index contributed by atoms with van der Waals surface area (Å²) in [6.07, 6.45) is 4.55. The Morgan fingerprint density at radius 2 is 1.60 bits per heavy atom. The predicted octanol–water partition coefficient (Wildman–Crippen LogP) is 5.52. The van der Waals surface area contributed by atoms with Gasteiger partial charge in [0.1, 0.15) is 5.75 Å². The summed E-state index contributed by atoms with van der Waals surface area (Å²) in [7, 11) is 0. The number of hydrogen-bond acceptors (Lipinski definition) is 2. The predicted molar refractivity (Wildman–Crippen MR) is 85.3 cm³/mol. The first-order chi connectivity index (χ1) is 9.60. The van der Waals surface area contributed by atoms with Crippen LogP contribution in [0.3, 0.4) is 0 Å². The summed E-state index contributed by atoms with van der Waals surface area (Å²) in [5.41, 5.74) is 1.37. The summed E-state index contributed by atoms with van der Waals surface area (Å²) in [4.78, 5) is 0. The molecule has 0 heterocycles. The van der Waals surface area contributed by atoms with Crippen molar-refractivity contribution in [3.63, 3.8) is 0 Å². The van der Waals surface area contributed by atoms with E-state index in [1.807, 2.05) is 19.1 Å². The Labute approximate surface area is 124 Å². The second-order valence-corrected chi connectivity index (χ2v) is 5.52. The van der Waals surface area contributed by atoms with Gasteiger partial charge in [-0.05, 0) is 49.8 Å². The normalized spacial score (nSPS) is 15.7. The molecule has 3 atom stereocenters. The zero-order valence-corrected chi connectivity index (χ0v) is 13.7. The van der Waals surface area contributed by atoms with Gasteiger partial charge in [0.2, 0.25) is 0 Å². The summed E-state index contributed by atoms with van der Waals surface area (Å²) >= 11 is 0. The van der Waals surface area contributed by atoms with Gasteiger partial charge >= 0.3 is 0 Å². The molecule has 0 radical (unpaired) electrons. The van der Waals surface area contributed by atoms with Crippen LogP contribution in [0.1, 0.15) is 71.8 Å². The molecule has 1 aromatic rings. The standard InChI is InChI=1S/C18H30O2/c1-6-9-17(8-3)19-15(5)20-18-12-10-16(11-13-18)14(4)7-2/h10-15,17H,6-9H2,1-5H3. The van der Waals surface area contributed by atoms with E-state index in [1.165, 1.54) is 5.56 Å². The number of rotatable bonds is 9. The molecule has 0 saturated carbocycles. The largest absolute Gasteiger partial charge is 0.465 e. The van der Waals surface area contributed by atoms with E-state index in [2.05, 4.69) is 39.8 Å². The molecule has 2 nitrogen and oxygen atoms in total. The first-order valence-corrected chi connectivity index (χ1v) is 8.02. The lowest BCUT2D eigenvalue weighted by Crippen LogP contribution is -2.24. The molecule has 0 aromatic heterocycles. The van der Waals surface area contributed by atoms with Crippen molar-refractivity contribution in [1.82, 2.24) is 0 Å². The molecule has 0 aliphatic heterocycles. The van der Waals surface area contributed by atoms with Crippen molar-refractivity contribution in [2.45, 2.75) is 78.6 Å². The molecular weight excluding hydrogens is 248 g/mol. The first kappa shape index (κ1) is 17.0. The van der Waals surface area contributed by atoms with Gasteiger partial charge in [-0.2, -0.15) is 0 Å². The Bertz CT molecular complexity index is 358. The van der Waals surface area contributed by atoms with Crippen LogP contribution in [0.4, 0.5) is 0 Å². The molecule has 0 aliphatic carbocycles. The van der Waals surface area contributed by atoms with Crippen molar-refractivity contribution >= 4 is 0 Å². The number of ether oxygens (including phenoxy) is 2. The Balaban J connectivity index is 2.51. The topological polar surface area (TPSA) is 18.5 Å². The average molecular weight is 278 g/mol. The summed E-state index contributed by atoms with van der Waals surface area (Å²) in [5.74, 6) is 1.49. The fraction of sp³-hybridized carbons (Fsp3) is 0.667. The zero-order valence-electron chi connectivity index (χ0n) is 13.7. The summed E-state index contributed by atoms with van der Waals surface area (Å²) in [6, 6.07) is 8.39. The molecule has 0 saturated heterocycles. The Morgan fingerprint density at radius 3 is 2.10 bits per heavy atom. The van der Waals surface area contributed by atoms with Crippen molar-refractivity contribution in [3.8, 4) is 5.75 Å². The molecule has 0 N–H and O–H groups in total. The molecule has 0 amide bonds. The third kappa shape index (κ3) is 5.54. The highest BCUT2D eigenvalue weighted by Gasteiger charge is 2.12. The fourth-order valence-corrected chi connectivity index (χ4v) is 2.29. The highest BCUT2D eigenvalue weighted by Crippen LogP contribution is 2.22. The van der Waals surface area contributed by atoms with Crippen LogP contribution in [0.25, 0.3) is 0 Å². The van der Waals surface area contributed by atoms with Crippen molar-refractivity contribution in [3.05, 3.63) is 29.8 Å². The maximum Gasteiger partial charge on any atom is 0.197 e. The maximum absolute atomic E-state index is 5.92. The third-order valence-electron chi connectivity index (χ3n) is 3.81. The highest BCUT2D eigenvalue weighted by atomic mass is 16.7. The van der Waals surface area contributed by atoms with Gasteiger partial charge in [0.25, 0.3) is 0 Å². The Kier molecular flexibility index (Phi) is 7.68. The SMILES string of the molecule is CCCC(CC)OC(C)Oc1ccc(C(C)CC)cc1. The maximum atomic E-state index is 5.92. The Hall–Kier alpha value is -1.02. The van der Waals surface area contributed by atoms with Crippen LogP contribution < -0.4 is 4.74 Å². The minimum atomic E-state index is -0.194. The van der Waals surface area contributed by atoms with E-state index in [-0.39, 0.29) is 6.29 Å². The summed E-state index contributed by atoms with van der Waals surface area (Å²) in [5, 5.41) is 0. The van der Waals surface area contributed by atoms with Crippen molar-refractivity contribution in [1.29, 1.82) is 0 Å². The van der Waals surface area contributed by atoms with Gasteiger partial charge in [0.05, 0.1) is 6.10 Å². The molecule has 3 unspecified atom stereocenters. The quantitative estimate of drug-likeness (QED) is 0.554. The number of hydrogen-bond donors (Lipinski definition) is 0. The van der Waals surface area contributed by atoms with E-state index in [0.717, 1.165) is 31.4 Å². The van der Waals surface area contributed by atoms with Crippen LogP contribution in [0.15, 0.2) is 24.3 Å². The fourth-order valence-electron chi connectivity index (χ4n) is 2.29. The van der Waals surface area contributed by atoms with E-state index < -0.39 is 0 Å². The minimum absolute atomic E-state index is 0.194. The molecule has 1 rings (SSSR count). The van der Waals surface area contributed by atoms with Crippen LogP contribution in [0, 0.1) is 0 Å². The van der Waals surface area contributed by atoms with Gasteiger partial charge in [-0.3, -0.25) is 0 Å². The lowest BCUT2D eigenvalue weighted by atomic mass is 9.99. The van der Waals surface area contributed by atoms with Crippen molar-refractivity contribution in [2.75, 3.05) is 0 Å². The minimum Gasteiger partial charge on any atom is -0.465 e. The number of benzene rings is 1. The monoisotopic (exact) mass is 278 g/mol. The van der Waals surface area contributed by atoms with Crippen LogP contribution in [0.5, 0.6) is 5.75 Å². The van der Waals surface area contributed by atoms with Gasteiger partial charge in [-0.1, -0.05) is 46.2 Å². The van der Waals surface area contributed by atoms with Gasteiger partial charge in [-0.25, -0.2) is 0 Å². The summed E-state index contributed by atoms with van der Waals surface area (Å²) < 4.78 is 11.8. The van der Waals surface area contributed by atoms with Crippen LogP contribution >= 0.6 is 0 Å². The highest BCUT2D eigenvalue weighted by molar-refractivity contribution is 5.29. The van der Waals surface area contributed by atoms with Crippen LogP contribution in [-0.2, 0) is 4.74 Å². The lowest BCUT2D eigenvalue weighted by molar-refractivity contribution is -0.110. The van der Waals surface area contributed by atoms with Gasteiger partial charge < -0.3 is 9.47 Å². The average Bonchev–Trinajstić information content (AvgIpc) is 2.46. The molecule has 0 bridgehead atoms.